The summed E-state index contributed by atoms with van der Waals surface area (Å²) in [6.07, 6.45) is -2.84. The average Bonchev–Trinajstić information content (AvgIpc) is 2.90. The Morgan fingerprint density at radius 1 is 1.35 bits per heavy atom. The monoisotopic (exact) mass is 282 g/mol. The van der Waals surface area contributed by atoms with Gasteiger partial charge in [-0.25, -0.2) is 0 Å². The predicted octanol–water partition coefficient (Wildman–Crippen LogP) is 2.61. The van der Waals surface area contributed by atoms with Crippen LogP contribution in [0.5, 0.6) is 0 Å². The Labute approximate surface area is 112 Å². The van der Waals surface area contributed by atoms with Crippen molar-refractivity contribution in [2.75, 3.05) is 11.9 Å². The molecule has 1 aromatic carbocycles. The molecule has 0 atom stereocenters. The molecule has 0 spiro atoms. The fourth-order valence-corrected chi connectivity index (χ4v) is 1.61. The van der Waals surface area contributed by atoms with E-state index in [2.05, 4.69) is 15.5 Å². The molecule has 0 fully saturated rings. The van der Waals surface area contributed by atoms with Gasteiger partial charge in [0.25, 0.3) is 0 Å². The highest BCUT2D eigenvalue weighted by Crippen LogP contribution is 2.32. The van der Waals surface area contributed by atoms with E-state index in [4.69, 9.17) is 9.78 Å². The maximum Gasteiger partial charge on any atom is 0.417 e. The third-order valence-corrected chi connectivity index (χ3v) is 2.52. The van der Waals surface area contributed by atoms with E-state index in [0.29, 0.717) is 24.5 Å². The molecule has 0 amide bonds. The Bertz CT molecular complexity index is 617. The van der Waals surface area contributed by atoms with E-state index in [1.807, 2.05) is 0 Å². The Hall–Kier alpha value is -2.56. The lowest BCUT2D eigenvalue weighted by atomic mass is 10.1. The number of halogens is 3. The molecule has 104 valence electrons. The minimum Gasteiger partial charge on any atom is -0.384 e. The van der Waals surface area contributed by atoms with Crippen molar-refractivity contribution in [1.82, 2.24) is 10.1 Å². The summed E-state index contributed by atoms with van der Waals surface area (Å²) < 4.78 is 42.6. The van der Waals surface area contributed by atoms with Gasteiger partial charge < -0.3 is 9.84 Å². The van der Waals surface area contributed by atoms with Gasteiger partial charge in [0.1, 0.15) is 0 Å². The molecule has 1 aromatic heterocycles. The maximum absolute atomic E-state index is 12.6. The number of anilines is 1. The second-order valence-corrected chi connectivity index (χ2v) is 3.88. The topological polar surface area (TPSA) is 74.7 Å². The van der Waals surface area contributed by atoms with Gasteiger partial charge >= 0.3 is 6.18 Å². The Morgan fingerprint density at radius 2 is 2.15 bits per heavy atom. The molecule has 8 heteroatoms. The molecule has 20 heavy (non-hydrogen) atoms. The first-order valence-corrected chi connectivity index (χ1v) is 5.61. The molecule has 0 unspecified atom stereocenters. The zero-order chi connectivity index (χ0) is 14.6. The van der Waals surface area contributed by atoms with Gasteiger partial charge in [0.15, 0.2) is 6.33 Å². The highest BCUT2D eigenvalue weighted by molar-refractivity contribution is 5.53. The summed E-state index contributed by atoms with van der Waals surface area (Å²) in [6, 6.07) is 4.87. The van der Waals surface area contributed by atoms with Crippen LogP contribution in [-0.4, -0.2) is 16.7 Å². The van der Waals surface area contributed by atoms with E-state index < -0.39 is 17.3 Å². The van der Waals surface area contributed by atoms with Gasteiger partial charge in [-0.15, -0.1) is 0 Å². The van der Waals surface area contributed by atoms with Crippen LogP contribution in [0, 0.1) is 11.3 Å². The van der Waals surface area contributed by atoms with E-state index >= 15 is 0 Å². The highest BCUT2D eigenvalue weighted by atomic mass is 19.4. The van der Waals surface area contributed by atoms with Crippen molar-refractivity contribution in [2.24, 2.45) is 0 Å². The standard InChI is InChI=1S/C12H9F3N4O/c13-12(14,15)10-2-1-9(5-8(10)6-16)17-4-3-11-18-7-19-20-11/h1-2,5,7,17H,3-4H2. The zero-order valence-corrected chi connectivity index (χ0v) is 10.1. The molecule has 0 saturated carbocycles. The summed E-state index contributed by atoms with van der Waals surface area (Å²) in [5.41, 5.74) is -0.934. The van der Waals surface area contributed by atoms with Crippen molar-refractivity contribution in [1.29, 1.82) is 5.26 Å². The molecule has 0 bridgehead atoms. The number of benzene rings is 1. The van der Waals surface area contributed by atoms with Crippen LogP contribution in [0.1, 0.15) is 17.0 Å². The summed E-state index contributed by atoms with van der Waals surface area (Å²) in [7, 11) is 0. The number of hydrogen-bond donors (Lipinski definition) is 1. The van der Waals surface area contributed by atoms with Crippen molar-refractivity contribution in [2.45, 2.75) is 12.6 Å². The van der Waals surface area contributed by atoms with E-state index in [1.54, 1.807) is 6.07 Å². The van der Waals surface area contributed by atoms with Gasteiger partial charge in [0, 0.05) is 18.7 Å². The van der Waals surface area contributed by atoms with Crippen molar-refractivity contribution >= 4 is 5.69 Å². The molecule has 0 saturated heterocycles. The van der Waals surface area contributed by atoms with Crippen LogP contribution >= 0.6 is 0 Å². The first-order chi connectivity index (χ1) is 9.50. The van der Waals surface area contributed by atoms with Crippen molar-refractivity contribution in [3.8, 4) is 6.07 Å². The number of nitrogens with one attached hydrogen (secondary N) is 1. The van der Waals surface area contributed by atoms with Crippen molar-refractivity contribution in [3.63, 3.8) is 0 Å². The summed E-state index contributed by atoms with van der Waals surface area (Å²) in [4.78, 5) is 3.81. The predicted molar refractivity (Wildman–Crippen MR) is 62.7 cm³/mol. The molecule has 2 rings (SSSR count). The van der Waals surface area contributed by atoms with Crippen LogP contribution in [0.15, 0.2) is 29.0 Å². The quantitative estimate of drug-likeness (QED) is 0.933. The number of nitriles is 1. The van der Waals surface area contributed by atoms with Crippen LogP contribution in [-0.2, 0) is 12.6 Å². The van der Waals surface area contributed by atoms with Crippen LogP contribution in [0.25, 0.3) is 0 Å². The number of hydrogen-bond acceptors (Lipinski definition) is 5. The SMILES string of the molecule is N#Cc1cc(NCCc2ncno2)ccc1C(F)(F)F. The largest absolute Gasteiger partial charge is 0.417 e. The summed E-state index contributed by atoms with van der Waals surface area (Å²) in [5.74, 6) is 0.421. The minimum atomic E-state index is -4.53. The maximum atomic E-state index is 12.6. The molecule has 0 radical (unpaired) electrons. The van der Waals surface area contributed by atoms with E-state index in [0.717, 1.165) is 12.1 Å². The molecule has 0 aliphatic heterocycles. The minimum absolute atomic E-state index is 0.401. The van der Waals surface area contributed by atoms with Gasteiger partial charge in [-0.3, -0.25) is 0 Å². The average molecular weight is 282 g/mol. The molecule has 1 N–H and O–H groups in total. The van der Waals surface area contributed by atoms with Crippen LogP contribution < -0.4 is 5.32 Å². The van der Waals surface area contributed by atoms with E-state index in [-0.39, 0.29) is 0 Å². The molecule has 0 aliphatic carbocycles. The number of rotatable bonds is 4. The number of aromatic nitrogens is 2. The third-order valence-electron chi connectivity index (χ3n) is 2.52. The van der Waals surface area contributed by atoms with Gasteiger partial charge in [-0.1, -0.05) is 5.16 Å². The third kappa shape index (κ3) is 3.26. The summed E-state index contributed by atoms with van der Waals surface area (Å²) in [5, 5.41) is 15.1. The van der Waals surface area contributed by atoms with Crippen LogP contribution in [0.3, 0.4) is 0 Å². The Morgan fingerprint density at radius 3 is 2.75 bits per heavy atom. The van der Waals surface area contributed by atoms with Gasteiger partial charge in [0.2, 0.25) is 5.89 Å². The summed E-state index contributed by atoms with van der Waals surface area (Å²) >= 11 is 0. The van der Waals surface area contributed by atoms with E-state index in [9.17, 15) is 13.2 Å². The van der Waals surface area contributed by atoms with Gasteiger partial charge in [-0.2, -0.15) is 23.4 Å². The second-order valence-electron chi connectivity index (χ2n) is 3.88. The van der Waals surface area contributed by atoms with E-state index in [1.165, 1.54) is 12.4 Å². The molecule has 2 aromatic rings. The molecular formula is C12H9F3N4O. The Balaban J connectivity index is 2.05. The fraction of sp³-hybridized carbons (Fsp3) is 0.250. The first kappa shape index (κ1) is 13.9. The lowest BCUT2D eigenvalue weighted by Crippen LogP contribution is -2.10. The van der Waals surface area contributed by atoms with Crippen molar-refractivity contribution < 1.29 is 17.7 Å². The normalized spacial score (nSPS) is 11.1. The smallest absolute Gasteiger partial charge is 0.384 e. The fourth-order valence-electron chi connectivity index (χ4n) is 1.61. The second kappa shape index (κ2) is 5.61. The molecule has 0 aliphatic rings. The number of nitrogens with zero attached hydrogens (tertiary/aromatic N) is 3. The Kier molecular flexibility index (Phi) is 3.89. The lowest BCUT2D eigenvalue weighted by molar-refractivity contribution is -0.137. The first-order valence-electron chi connectivity index (χ1n) is 5.61. The van der Waals surface area contributed by atoms with Crippen LogP contribution in [0.4, 0.5) is 18.9 Å². The van der Waals surface area contributed by atoms with Gasteiger partial charge in [0.05, 0.1) is 17.2 Å². The molecule has 1 heterocycles. The van der Waals surface area contributed by atoms with Gasteiger partial charge in [-0.05, 0) is 18.2 Å². The molecule has 5 nitrogen and oxygen atoms in total. The number of alkyl halides is 3. The zero-order valence-electron chi connectivity index (χ0n) is 10.1. The highest BCUT2D eigenvalue weighted by Gasteiger charge is 2.33. The lowest BCUT2D eigenvalue weighted by Gasteiger charge is -2.11. The van der Waals surface area contributed by atoms with Crippen LogP contribution in [0.2, 0.25) is 0 Å². The summed E-state index contributed by atoms with van der Waals surface area (Å²) in [6.45, 7) is 0.401. The van der Waals surface area contributed by atoms with Crippen molar-refractivity contribution in [3.05, 3.63) is 41.5 Å². The molecular weight excluding hydrogens is 273 g/mol.